The van der Waals surface area contributed by atoms with Crippen molar-refractivity contribution in [2.75, 3.05) is 27.2 Å². The molecule has 1 aromatic heterocycles. The molecule has 0 spiro atoms. The van der Waals surface area contributed by atoms with Crippen LogP contribution in [0.4, 0.5) is 0 Å². The Morgan fingerprint density at radius 3 is 2.96 bits per heavy atom. The number of carbonyl (C=O) groups excluding carboxylic acids is 1. The molecule has 0 unspecified atom stereocenters. The van der Waals surface area contributed by atoms with Crippen molar-refractivity contribution < 1.29 is 9.53 Å². The van der Waals surface area contributed by atoms with E-state index in [9.17, 15) is 4.79 Å². The molecular formula is C19H31N3O2. The summed E-state index contributed by atoms with van der Waals surface area (Å²) in [5, 5.41) is 0. The van der Waals surface area contributed by atoms with E-state index in [1.54, 1.807) is 7.11 Å². The van der Waals surface area contributed by atoms with Gasteiger partial charge in [-0.25, -0.2) is 0 Å². The van der Waals surface area contributed by atoms with Crippen LogP contribution in [0.15, 0.2) is 24.4 Å². The Balaban J connectivity index is 1.80. The second-order valence-corrected chi connectivity index (χ2v) is 6.79. The van der Waals surface area contributed by atoms with Gasteiger partial charge in [0.1, 0.15) is 0 Å². The molecule has 2 heterocycles. The first-order valence-electron chi connectivity index (χ1n) is 9.01. The summed E-state index contributed by atoms with van der Waals surface area (Å²) >= 11 is 0. The summed E-state index contributed by atoms with van der Waals surface area (Å²) in [6, 6.07) is 6.57. The Labute approximate surface area is 146 Å². The second-order valence-electron chi connectivity index (χ2n) is 6.79. The zero-order chi connectivity index (χ0) is 17.4. The average Bonchev–Trinajstić information content (AvgIpc) is 2.86. The number of likely N-dealkylation sites (tertiary alicyclic amines) is 1. The van der Waals surface area contributed by atoms with Crippen LogP contribution >= 0.6 is 0 Å². The average molecular weight is 333 g/mol. The van der Waals surface area contributed by atoms with Gasteiger partial charge in [-0.05, 0) is 51.8 Å². The number of methoxy groups -OCH3 is 1. The highest BCUT2D eigenvalue weighted by Gasteiger charge is 2.23. The molecule has 0 aromatic carbocycles. The van der Waals surface area contributed by atoms with E-state index in [4.69, 9.17) is 4.74 Å². The summed E-state index contributed by atoms with van der Waals surface area (Å²) in [5.41, 5.74) is 1.10. The van der Waals surface area contributed by atoms with Crippen LogP contribution in [-0.2, 0) is 16.1 Å². The first-order valence-corrected chi connectivity index (χ1v) is 9.01. The van der Waals surface area contributed by atoms with Gasteiger partial charge in [0.25, 0.3) is 0 Å². The summed E-state index contributed by atoms with van der Waals surface area (Å²) in [6.07, 6.45) is 6.63. The molecule has 5 heteroatoms. The fraction of sp³-hybridized carbons (Fsp3) is 0.684. The van der Waals surface area contributed by atoms with Crippen LogP contribution in [0.1, 0.15) is 44.7 Å². The van der Waals surface area contributed by atoms with Crippen molar-refractivity contribution in [2.24, 2.45) is 0 Å². The predicted octanol–water partition coefficient (Wildman–Crippen LogP) is 2.71. The fourth-order valence-electron chi connectivity index (χ4n) is 3.25. The second kappa shape index (κ2) is 9.74. The zero-order valence-electron chi connectivity index (χ0n) is 15.3. The van der Waals surface area contributed by atoms with Crippen molar-refractivity contribution in [1.29, 1.82) is 0 Å². The van der Waals surface area contributed by atoms with E-state index in [0.29, 0.717) is 12.5 Å². The quantitative estimate of drug-likeness (QED) is 0.770. The van der Waals surface area contributed by atoms with Gasteiger partial charge in [0.2, 0.25) is 5.91 Å². The Kier molecular flexibility index (Phi) is 7.66. The Bertz CT molecular complexity index is 495. The maximum atomic E-state index is 12.4. The fourth-order valence-corrected chi connectivity index (χ4v) is 3.25. The van der Waals surface area contributed by atoms with Crippen molar-refractivity contribution in [1.82, 2.24) is 14.8 Å². The number of aromatic nitrogens is 1. The van der Waals surface area contributed by atoms with Crippen molar-refractivity contribution in [3.05, 3.63) is 30.1 Å². The highest BCUT2D eigenvalue weighted by Crippen LogP contribution is 2.18. The Morgan fingerprint density at radius 1 is 1.42 bits per heavy atom. The van der Waals surface area contributed by atoms with Gasteiger partial charge in [-0.3, -0.25) is 14.7 Å². The van der Waals surface area contributed by atoms with Gasteiger partial charge in [0, 0.05) is 45.4 Å². The van der Waals surface area contributed by atoms with E-state index in [1.165, 1.54) is 0 Å². The number of carbonyl (C=O) groups is 1. The maximum Gasteiger partial charge on any atom is 0.222 e. The monoisotopic (exact) mass is 333 g/mol. The van der Waals surface area contributed by atoms with Crippen molar-refractivity contribution in [3.63, 3.8) is 0 Å². The molecule has 2 atom stereocenters. The van der Waals surface area contributed by atoms with Gasteiger partial charge in [0.05, 0.1) is 11.8 Å². The topological polar surface area (TPSA) is 45.7 Å². The molecule has 0 N–H and O–H groups in total. The van der Waals surface area contributed by atoms with Crippen LogP contribution < -0.4 is 0 Å². The molecular weight excluding hydrogens is 302 g/mol. The largest absolute Gasteiger partial charge is 0.382 e. The standard InChI is InChI=1S/C19H31N3O2/c1-16(24-3)9-10-19(23)22-13-6-8-18(11-14-22)21(2)15-17-7-4-5-12-20-17/h4-5,7,12,16,18H,6,8-11,13-15H2,1-3H3/t16-,18+/m1/s1. The summed E-state index contributed by atoms with van der Waals surface area (Å²) < 4.78 is 5.23. The maximum absolute atomic E-state index is 12.4. The first kappa shape index (κ1) is 18.9. The minimum Gasteiger partial charge on any atom is -0.382 e. The smallest absolute Gasteiger partial charge is 0.222 e. The van der Waals surface area contributed by atoms with Crippen LogP contribution in [0.5, 0.6) is 0 Å². The molecule has 134 valence electrons. The normalized spacial score (nSPS) is 20.0. The van der Waals surface area contributed by atoms with Gasteiger partial charge < -0.3 is 9.64 Å². The number of amides is 1. The van der Waals surface area contributed by atoms with Gasteiger partial charge in [0.15, 0.2) is 0 Å². The van der Waals surface area contributed by atoms with E-state index in [2.05, 4.69) is 23.0 Å². The minimum absolute atomic E-state index is 0.151. The van der Waals surface area contributed by atoms with Gasteiger partial charge in [-0.15, -0.1) is 0 Å². The third-order valence-corrected chi connectivity index (χ3v) is 4.98. The number of rotatable bonds is 7. The van der Waals surface area contributed by atoms with E-state index < -0.39 is 0 Å². The third-order valence-electron chi connectivity index (χ3n) is 4.98. The molecule has 0 bridgehead atoms. The number of pyridine rings is 1. The molecule has 1 saturated heterocycles. The first-order chi connectivity index (χ1) is 11.6. The number of ether oxygens (including phenoxy) is 1. The van der Waals surface area contributed by atoms with Crippen LogP contribution in [-0.4, -0.2) is 60.1 Å². The van der Waals surface area contributed by atoms with Crippen molar-refractivity contribution >= 4 is 5.91 Å². The summed E-state index contributed by atoms with van der Waals surface area (Å²) in [6.45, 7) is 4.62. The number of hydrogen-bond acceptors (Lipinski definition) is 4. The lowest BCUT2D eigenvalue weighted by atomic mass is 10.1. The van der Waals surface area contributed by atoms with Crippen molar-refractivity contribution in [3.8, 4) is 0 Å². The summed E-state index contributed by atoms with van der Waals surface area (Å²) in [4.78, 5) is 21.2. The van der Waals surface area contributed by atoms with E-state index in [1.807, 2.05) is 30.2 Å². The van der Waals surface area contributed by atoms with Crippen molar-refractivity contribution in [2.45, 2.75) is 57.7 Å². The van der Waals surface area contributed by atoms with Gasteiger partial charge >= 0.3 is 0 Å². The van der Waals surface area contributed by atoms with Crippen LogP contribution in [0, 0.1) is 0 Å². The van der Waals surface area contributed by atoms with E-state index >= 15 is 0 Å². The molecule has 1 aliphatic rings. The lowest BCUT2D eigenvalue weighted by Crippen LogP contribution is -2.35. The van der Waals surface area contributed by atoms with Gasteiger partial charge in [-0.1, -0.05) is 6.07 Å². The lowest BCUT2D eigenvalue weighted by molar-refractivity contribution is -0.131. The molecule has 1 aromatic rings. The zero-order valence-corrected chi connectivity index (χ0v) is 15.3. The summed E-state index contributed by atoms with van der Waals surface area (Å²) in [7, 11) is 3.86. The Morgan fingerprint density at radius 2 is 2.25 bits per heavy atom. The molecule has 24 heavy (non-hydrogen) atoms. The summed E-state index contributed by atoms with van der Waals surface area (Å²) in [5.74, 6) is 0.270. The van der Waals surface area contributed by atoms with Crippen LogP contribution in [0.2, 0.25) is 0 Å². The lowest BCUT2D eigenvalue weighted by Gasteiger charge is -2.27. The SMILES string of the molecule is CO[C@H](C)CCC(=O)N1CCC[C@H](N(C)Cc2ccccn2)CC1. The van der Waals surface area contributed by atoms with Gasteiger partial charge in [-0.2, -0.15) is 0 Å². The number of hydrogen-bond donors (Lipinski definition) is 0. The Hall–Kier alpha value is -1.46. The highest BCUT2D eigenvalue weighted by atomic mass is 16.5. The molecule has 2 rings (SSSR count). The molecule has 0 saturated carbocycles. The van der Waals surface area contributed by atoms with E-state index in [-0.39, 0.29) is 12.0 Å². The molecule has 1 fully saturated rings. The van der Waals surface area contributed by atoms with E-state index in [0.717, 1.165) is 51.0 Å². The highest BCUT2D eigenvalue weighted by molar-refractivity contribution is 5.76. The predicted molar refractivity (Wildman–Crippen MR) is 95.6 cm³/mol. The van der Waals surface area contributed by atoms with Crippen LogP contribution in [0.3, 0.4) is 0 Å². The molecule has 0 aliphatic carbocycles. The molecule has 1 aliphatic heterocycles. The molecule has 1 amide bonds. The third kappa shape index (κ3) is 5.87. The minimum atomic E-state index is 0.151. The molecule has 0 radical (unpaired) electrons. The molecule has 5 nitrogen and oxygen atoms in total. The van der Waals surface area contributed by atoms with Crippen LogP contribution in [0.25, 0.3) is 0 Å². The number of nitrogens with zero attached hydrogens (tertiary/aromatic N) is 3.